The van der Waals surface area contributed by atoms with Crippen LogP contribution in [0.2, 0.25) is 0 Å². The van der Waals surface area contributed by atoms with E-state index in [9.17, 15) is 8.42 Å². The third-order valence-corrected chi connectivity index (χ3v) is 4.91. The highest BCUT2D eigenvalue weighted by Gasteiger charge is 2.17. The highest BCUT2D eigenvalue weighted by atomic mass is 32.2. The molecule has 0 unspecified atom stereocenters. The lowest BCUT2D eigenvalue weighted by molar-refractivity contribution is 0.579. The van der Waals surface area contributed by atoms with Gasteiger partial charge in [-0.3, -0.25) is 0 Å². The molecule has 0 radical (unpaired) electrons. The van der Waals surface area contributed by atoms with Crippen molar-refractivity contribution in [3.63, 3.8) is 0 Å². The van der Waals surface area contributed by atoms with Gasteiger partial charge in [0.2, 0.25) is 10.0 Å². The van der Waals surface area contributed by atoms with Crippen molar-refractivity contribution < 1.29 is 8.42 Å². The summed E-state index contributed by atoms with van der Waals surface area (Å²) < 4.78 is 27.2. The van der Waals surface area contributed by atoms with Gasteiger partial charge >= 0.3 is 0 Å². The molecule has 0 spiro atoms. The minimum Gasteiger partial charge on any atom is -0.316 e. The maximum atomic E-state index is 12.3. The highest BCUT2D eigenvalue weighted by molar-refractivity contribution is 7.89. The number of hydrogen-bond acceptors (Lipinski definition) is 4. The lowest BCUT2D eigenvalue weighted by atomic mass is 10.2. The van der Waals surface area contributed by atoms with Crippen molar-refractivity contribution in [2.75, 3.05) is 7.05 Å². The van der Waals surface area contributed by atoms with Crippen molar-refractivity contribution in [2.24, 2.45) is 0 Å². The van der Waals surface area contributed by atoms with Gasteiger partial charge in [-0.15, -0.1) is 0 Å². The molecule has 2 rings (SSSR count). The number of sulfonamides is 1. The summed E-state index contributed by atoms with van der Waals surface area (Å²) in [6.45, 7) is 0.843. The predicted octanol–water partition coefficient (Wildman–Crippen LogP) is 1.95. The normalized spacial score (nSPS) is 11.6. The molecule has 2 N–H and O–H groups in total. The molecule has 102 valence electrons. The molecule has 0 atom stereocenters. The summed E-state index contributed by atoms with van der Waals surface area (Å²) in [5.74, 6) is 0. The quantitative estimate of drug-likeness (QED) is 0.856. The summed E-state index contributed by atoms with van der Waals surface area (Å²) in [4.78, 5) is 0.333. The number of hydrogen-bond donors (Lipinski definition) is 2. The average Bonchev–Trinajstić information content (AvgIpc) is 2.91. The number of benzene rings is 1. The number of thiophene rings is 1. The van der Waals surface area contributed by atoms with Gasteiger partial charge in [0.15, 0.2) is 0 Å². The van der Waals surface area contributed by atoms with Crippen molar-refractivity contribution in [3.05, 3.63) is 52.2 Å². The molecule has 0 saturated heterocycles. The van der Waals surface area contributed by atoms with Crippen LogP contribution in [0.1, 0.15) is 11.1 Å². The van der Waals surface area contributed by atoms with Gasteiger partial charge < -0.3 is 5.32 Å². The molecule has 0 aliphatic rings. The molecule has 0 aliphatic carbocycles. The second-order valence-corrected chi connectivity index (χ2v) is 6.61. The van der Waals surface area contributed by atoms with Crippen LogP contribution in [0.25, 0.3) is 0 Å². The molecule has 0 amide bonds. The minimum atomic E-state index is -3.47. The van der Waals surface area contributed by atoms with E-state index in [1.165, 1.54) is 0 Å². The first-order valence-electron chi connectivity index (χ1n) is 5.87. The van der Waals surface area contributed by atoms with Crippen LogP contribution in [0.3, 0.4) is 0 Å². The number of rotatable bonds is 6. The van der Waals surface area contributed by atoms with E-state index in [0.717, 1.165) is 11.1 Å². The third kappa shape index (κ3) is 3.63. The van der Waals surface area contributed by atoms with Crippen molar-refractivity contribution in [3.8, 4) is 0 Å². The summed E-state index contributed by atoms with van der Waals surface area (Å²) in [7, 11) is -1.68. The van der Waals surface area contributed by atoms with Gasteiger partial charge in [-0.25, -0.2) is 13.1 Å². The largest absolute Gasteiger partial charge is 0.316 e. The summed E-state index contributed by atoms with van der Waals surface area (Å²) in [6.07, 6.45) is 0. The Hall–Kier alpha value is -1.21. The van der Waals surface area contributed by atoms with E-state index in [-0.39, 0.29) is 0 Å². The SMILES string of the molecule is CNCc1ccccc1S(=O)(=O)NCc1ccsc1. The smallest absolute Gasteiger partial charge is 0.241 e. The van der Waals surface area contributed by atoms with Gasteiger partial charge in [0.1, 0.15) is 0 Å². The Morgan fingerprint density at radius 2 is 1.95 bits per heavy atom. The Kier molecular flexibility index (Phi) is 4.71. The Labute approximate surface area is 117 Å². The van der Waals surface area contributed by atoms with E-state index in [4.69, 9.17) is 0 Å². The molecule has 6 heteroatoms. The van der Waals surface area contributed by atoms with Gasteiger partial charge in [-0.05, 0) is 41.1 Å². The Balaban J connectivity index is 2.19. The zero-order chi connectivity index (χ0) is 13.7. The molecule has 2 aromatic rings. The van der Waals surface area contributed by atoms with Crippen LogP contribution in [0.5, 0.6) is 0 Å². The predicted molar refractivity (Wildman–Crippen MR) is 77.6 cm³/mol. The van der Waals surface area contributed by atoms with Crippen LogP contribution in [0.15, 0.2) is 46.0 Å². The van der Waals surface area contributed by atoms with Crippen molar-refractivity contribution in [1.82, 2.24) is 10.0 Å². The molecular formula is C13H16N2O2S2. The van der Waals surface area contributed by atoms with E-state index in [1.807, 2.05) is 29.0 Å². The zero-order valence-electron chi connectivity index (χ0n) is 10.6. The molecule has 19 heavy (non-hydrogen) atoms. The lowest BCUT2D eigenvalue weighted by Crippen LogP contribution is -2.25. The second kappa shape index (κ2) is 6.29. The molecule has 1 heterocycles. The Morgan fingerprint density at radius 1 is 1.16 bits per heavy atom. The first kappa shape index (κ1) is 14.2. The van der Waals surface area contributed by atoms with E-state index in [1.54, 1.807) is 30.5 Å². The summed E-state index contributed by atoms with van der Waals surface area (Å²) in [5, 5.41) is 6.84. The van der Waals surface area contributed by atoms with Crippen LogP contribution in [-0.2, 0) is 23.1 Å². The molecule has 4 nitrogen and oxygen atoms in total. The lowest BCUT2D eigenvalue weighted by Gasteiger charge is -2.10. The van der Waals surface area contributed by atoms with Gasteiger partial charge in [0.25, 0.3) is 0 Å². The van der Waals surface area contributed by atoms with Crippen LogP contribution in [-0.4, -0.2) is 15.5 Å². The van der Waals surface area contributed by atoms with Crippen LogP contribution < -0.4 is 10.0 Å². The fourth-order valence-corrected chi connectivity index (χ4v) is 3.68. The first-order chi connectivity index (χ1) is 9.13. The topological polar surface area (TPSA) is 58.2 Å². The fraction of sp³-hybridized carbons (Fsp3) is 0.231. The molecule has 1 aromatic heterocycles. The standard InChI is InChI=1S/C13H16N2O2S2/c1-14-9-12-4-2-3-5-13(12)19(16,17)15-8-11-6-7-18-10-11/h2-7,10,14-15H,8-9H2,1H3. The average molecular weight is 296 g/mol. The molecule has 0 aliphatic heterocycles. The first-order valence-corrected chi connectivity index (χ1v) is 8.29. The Morgan fingerprint density at radius 3 is 2.63 bits per heavy atom. The fourth-order valence-electron chi connectivity index (χ4n) is 1.75. The summed E-state index contributed by atoms with van der Waals surface area (Å²) in [5.41, 5.74) is 1.74. The maximum Gasteiger partial charge on any atom is 0.241 e. The second-order valence-electron chi connectivity index (χ2n) is 4.09. The summed E-state index contributed by atoms with van der Waals surface area (Å²) in [6, 6.07) is 8.92. The number of nitrogens with one attached hydrogen (secondary N) is 2. The van der Waals surface area contributed by atoms with Crippen molar-refractivity contribution in [1.29, 1.82) is 0 Å². The van der Waals surface area contributed by atoms with Crippen LogP contribution >= 0.6 is 11.3 Å². The van der Waals surface area contributed by atoms with Crippen molar-refractivity contribution in [2.45, 2.75) is 18.0 Å². The van der Waals surface area contributed by atoms with Crippen LogP contribution in [0, 0.1) is 0 Å². The molecule has 0 fully saturated rings. The van der Waals surface area contributed by atoms with E-state index < -0.39 is 10.0 Å². The Bertz CT molecular complexity index is 622. The van der Waals surface area contributed by atoms with E-state index in [0.29, 0.717) is 18.0 Å². The molecule has 0 saturated carbocycles. The maximum absolute atomic E-state index is 12.3. The monoisotopic (exact) mass is 296 g/mol. The van der Waals surface area contributed by atoms with Crippen molar-refractivity contribution >= 4 is 21.4 Å². The zero-order valence-corrected chi connectivity index (χ0v) is 12.2. The van der Waals surface area contributed by atoms with Crippen LogP contribution in [0.4, 0.5) is 0 Å². The molecule has 1 aromatic carbocycles. The van der Waals surface area contributed by atoms with E-state index in [2.05, 4.69) is 10.0 Å². The van der Waals surface area contributed by atoms with Gasteiger partial charge in [-0.2, -0.15) is 11.3 Å². The van der Waals surface area contributed by atoms with Gasteiger partial charge in [0, 0.05) is 13.1 Å². The van der Waals surface area contributed by atoms with Gasteiger partial charge in [0.05, 0.1) is 4.90 Å². The molecule has 0 bridgehead atoms. The van der Waals surface area contributed by atoms with Gasteiger partial charge in [-0.1, -0.05) is 18.2 Å². The molecular weight excluding hydrogens is 280 g/mol. The minimum absolute atomic E-state index is 0.319. The highest BCUT2D eigenvalue weighted by Crippen LogP contribution is 2.16. The van der Waals surface area contributed by atoms with E-state index >= 15 is 0 Å². The summed E-state index contributed by atoms with van der Waals surface area (Å²) >= 11 is 1.55. The third-order valence-electron chi connectivity index (χ3n) is 2.68.